The molecule has 1 aromatic carbocycles. The van der Waals surface area contributed by atoms with Crippen LogP contribution >= 0.6 is 34.7 Å². The third-order valence-electron chi connectivity index (χ3n) is 3.87. The summed E-state index contributed by atoms with van der Waals surface area (Å²) in [7, 11) is 0. The van der Waals surface area contributed by atoms with Gasteiger partial charge in [0, 0.05) is 23.2 Å². The van der Waals surface area contributed by atoms with E-state index in [1.165, 1.54) is 23.1 Å². The fourth-order valence-electron chi connectivity index (χ4n) is 2.32. The summed E-state index contributed by atoms with van der Waals surface area (Å²) >= 11 is 8.72. The van der Waals surface area contributed by atoms with Crippen molar-refractivity contribution < 1.29 is 9.59 Å². The Morgan fingerprint density at radius 1 is 1.38 bits per heavy atom. The lowest BCUT2D eigenvalue weighted by Gasteiger charge is -2.17. The van der Waals surface area contributed by atoms with Crippen molar-refractivity contribution in [2.75, 3.05) is 16.0 Å². The molecule has 1 N–H and O–H groups in total. The third-order valence-corrected chi connectivity index (χ3v) is 6.33. The second-order valence-electron chi connectivity index (χ2n) is 6.00. The van der Waals surface area contributed by atoms with Crippen molar-refractivity contribution in [3.05, 3.63) is 28.8 Å². The summed E-state index contributed by atoms with van der Waals surface area (Å²) in [5.41, 5.74) is 1.62. The van der Waals surface area contributed by atoms with Gasteiger partial charge in [-0.05, 0) is 37.5 Å². The molecule has 1 saturated carbocycles. The van der Waals surface area contributed by atoms with Crippen LogP contribution in [0.2, 0.25) is 5.02 Å². The lowest BCUT2D eigenvalue weighted by Crippen LogP contribution is -2.32. The first kappa shape index (κ1) is 19.1. The van der Waals surface area contributed by atoms with Crippen molar-refractivity contribution in [2.24, 2.45) is 0 Å². The van der Waals surface area contributed by atoms with Gasteiger partial charge in [0.2, 0.25) is 16.9 Å². The number of halogens is 1. The number of rotatable bonds is 7. The van der Waals surface area contributed by atoms with Crippen LogP contribution in [0.5, 0.6) is 0 Å². The summed E-state index contributed by atoms with van der Waals surface area (Å²) in [6.07, 6.45) is 2.46. The number of nitrogens with zero attached hydrogens (tertiary/aromatic N) is 3. The molecule has 138 valence electrons. The number of anilines is 2. The highest BCUT2D eigenvalue weighted by Crippen LogP contribution is 2.36. The topological polar surface area (TPSA) is 75.2 Å². The average Bonchev–Trinajstić information content (AvgIpc) is 3.34. The summed E-state index contributed by atoms with van der Waals surface area (Å²) < 4.78 is 0.673. The number of carbonyl (C=O) groups is 2. The molecule has 26 heavy (non-hydrogen) atoms. The van der Waals surface area contributed by atoms with E-state index >= 15 is 0 Å². The van der Waals surface area contributed by atoms with E-state index in [-0.39, 0.29) is 23.6 Å². The van der Waals surface area contributed by atoms with Gasteiger partial charge in [0.15, 0.2) is 4.34 Å². The van der Waals surface area contributed by atoms with Gasteiger partial charge in [0.25, 0.3) is 0 Å². The Morgan fingerprint density at radius 2 is 2.15 bits per heavy atom. The molecule has 9 heteroatoms. The number of carbonyl (C=O) groups excluding carboxylic acids is 2. The molecule has 0 unspecified atom stereocenters. The Kier molecular flexibility index (Phi) is 6.16. The lowest BCUT2D eigenvalue weighted by atomic mass is 10.2. The van der Waals surface area contributed by atoms with E-state index in [4.69, 9.17) is 11.6 Å². The monoisotopic (exact) mass is 410 g/mol. The van der Waals surface area contributed by atoms with Crippen LogP contribution in [-0.2, 0) is 9.59 Å². The minimum absolute atomic E-state index is 0.0641. The molecule has 2 amide bonds. The second-order valence-corrected chi connectivity index (χ2v) is 8.59. The fourth-order valence-corrected chi connectivity index (χ4v) is 4.23. The standard InChI is InChI=1S/C17H19ClN4O2S2/c1-3-15(24)22(12-6-7-12)16-20-21-17(26-16)25-9-14(23)19-11-5-4-10(2)13(18)8-11/h4-5,8,12H,3,6-7,9H2,1-2H3,(H,19,23). The van der Waals surface area contributed by atoms with E-state index < -0.39 is 0 Å². The molecule has 0 spiro atoms. The Morgan fingerprint density at radius 3 is 2.81 bits per heavy atom. The van der Waals surface area contributed by atoms with Gasteiger partial charge >= 0.3 is 0 Å². The van der Waals surface area contributed by atoms with Crippen LogP contribution in [-0.4, -0.2) is 33.8 Å². The van der Waals surface area contributed by atoms with Crippen LogP contribution in [0.4, 0.5) is 10.8 Å². The number of amides is 2. The molecule has 0 radical (unpaired) electrons. The number of hydrogen-bond donors (Lipinski definition) is 1. The van der Waals surface area contributed by atoms with E-state index in [2.05, 4.69) is 15.5 Å². The van der Waals surface area contributed by atoms with Crippen molar-refractivity contribution >= 4 is 57.3 Å². The first-order valence-corrected chi connectivity index (χ1v) is 10.5. The van der Waals surface area contributed by atoms with E-state index in [1.54, 1.807) is 11.0 Å². The van der Waals surface area contributed by atoms with Gasteiger partial charge in [0.1, 0.15) is 0 Å². The van der Waals surface area contributed by atoms with Crippen LogP contribution in [0.3, 0.4) is 0 Å². The maximum atomic E-state index is 12.1. The van der Waals surface area contributed by atoms with Crippen molar-refractivity contribution in [3.8, 4) is 0 Å². The average molecular weight is 411 g/mol. The van der Waals surface area contributed by atoms with Crippen LogP contribution in [0.1, 0.15) is 31.7 Å². The Hall–Kier alpha value is -1.64. The van der Waals surface area contributed by atoms with Crippen molar-refractivity contribution in [3.63, 3.8) is 0 Å². The molecule has 6 nitrogen and oxygen atoms in total. The molecule has 1 aromatic heterocycles. The van der Waals surface area contributed by atoms with Crippen LogP contribution in [0.25, 0.3) is 0 Å². The molecule has 0 aliphatic heterocycles. The van der Waals surface area contributed by atoms with Gasteiger partial charge in [0.05, 0.1) is 5.75 Å². The molecule has 0 atom stereocenters. The molecule has 0 bridgehead atoms. The van der Waals surface area contributed by atoms with Crippen molar-refractivity contribution in [1.29, 1.82) is 0 Å². The first-order valence-electron chi connectivity index (χ1n) is 8.32. The summed E-state index contributed by atoms with van der Waals surface area (Å²) in [5, 5.41) is 12.3. The molecule has 2 aromatic rings. The summed E-state index contributed by atoms with van der Waals surface area (Å²) in [4.78, 5) is 26.0. The van der Waals surface area contributed by atoms with E-state index in [0.29, 0.717) is 26.6 Å². The van der Waals surface area contributed by atoms with E-state index in [0.717, 1.165) is 18.4 Å². The van der Waals surface area contributed by atoms with Gasteiger partial charge in [-0.25, -0.2) is 0 Å². The number of hydrogen-bond acceptors (Lipinski definition) is 6. The highest BCUT2D eigenvalue weighted by Gasteiger charge is 2.35. The fraction of sp³-hybridized carbons (Fsp3) is 0.412. The quantitative estimate of drug-likeness (QED) is 0.548. The first-order chi connectivity index (χ1) is 12.5. The van der Waals surface area contributed by atoms with Gasteiger partial charge < -0.3 is 5.32 Å². The lowest BCUT2D eigenvalue weighted by molar-refractivity contribution is -0.118. The van der Waals surface area contributed by atoms with E-state index in [9.17, 15) is 9.59 Å². The summed E-state index contributed by atoms with van der Waals surface area (Å²) in [6.45, 7) is 3.75. The SMILES string of the molecule is CCC(=O)N(c1nnc(SCC(=O)Nc2ccc(C)c(Cl)c2)s1)C1CC1. The number of nitrogens with one attached hydrogen (secondary N) is 1. The molecular weight excluding hydrogens is 392 g/mol. The predicted octanol–water partition coefficient (Wildman–Crippen LogP) is 4.14. The molecule has 0 saturated heterocycles. The van der Waals surface area contributed by atoms with Crippen LogP contribution in [0, 0.1) is 6.92 Å². The summed E-state index contributed by atoms with van der Waals surface area (Å²) in [6, 6.07) is 5.66. The molecule has 3 rings (SSSR count). The van der Waals surface area contributed by atoms with Crippen LogP contribution < -0.4 is 10.2 Å². The molecular formula is C17H19ClN4O2S2. The third kappa shape index (κ3) is 4.75. The van der Waals surface area contributed by atoms with Gasteiger partial charge in [-0.2, -0.15) is 0 Å². The zero-order valence-corrected chi connectivity index (χ0v) is 16.9. The second kappa shape index (κ2) is 8.37. The Bertz CT molecular complexity index is 823. The maximum absolute atomic E-state index is 12.1. The minimum Gasteiger partial charge on any atom is -0.325 e. The molecule has 1 fully saturated rings. The van der Waals surface area contributed by atoms with Gasteiger partial charge in [-0.1, -0.05) is 47.7 Å². The molecule has 1 aliphatic rings. The smallest absolute Gasteiger partial charge is 0.234 e. The molecule has 1 aliphatic carbocycles. The number of thioether (sulfide) groups is 1. The Balaban J connectivity index is 1.56. The van der Waals surface area contributed by atoms with Crippen molar-refractivity contribution in [2.45, 2.75) is 43.5 Å². The zero-order chi connectivity index (χ0) is 18.7. The summed E-state index contributed by atoms with van der Waals surface area (Å²) in [5.74, 6) is 0.134. The normalized spacial score (nSPS) is 13.5. The van der Waals surface area contributed by atoms with Gasteiger partial charge in [-0.3, -0.25) is 14.5 Å². The van der Waals surface area contributed by atoms with E-state index in [1.807, 2.05) is 26.0 Å². The Labute approximate surface area is 165 Å². The predicted molar refractivity (Wildman–Crippen MR) is 106 cm³/mol. The van der Waals surface area contributed by atoms with Gasteiger partial charge in [-0.15, -0.1) is 10.2 Å². The number of aromatic nitrogens is 2. The number of benzene rings is 1. The zero-order valence-electron chi connectivity index (χ0n) is 14.5. The van der Waals surface area contributed by atoms with Crippen molar-refractivity contribution in [1.82, 2.24) is 10.2 Å². The highest BCUT2D eigenvalue weighted by atomic mass is 35.5. The minimum atomic E-state index is -0.143. The largest absolute Gasteiger partial charge is 0.325 e. The molecule has 1 heterocycles. The van der Waals surface area contributed by atoms with Crippen LogP contribution in [0.15, 0.2) is 22.5 Å². The maximum Gasteiger partial charge on any atom is 0.234 e. The number of aryl methyl sites for hydroxylation is 1. The highest BCUT2D eigenvalue weighted by molar-refractivity contribution is 8.01.